The Labute approximate surface area is 106 Å². The summed E-state index contributed by atoms with van der Waals surface area (Å²) in [6.07, 6.45) is 3.25. The normalized spacial score (nSPS) is 25.3. The number of benzene rings is 1. The molecule has 1 fully saturated rings. The third kappa shape index (κ3) is 2.87. The number of rotatable bonds is 4. The topological polar surface area (TPSA) is 21.3 Å². The van der Waals surface area contributed by atoms with Gasteiger partial charge in [-0.15, -0.1) is 0 Å². The van der Waals surface area contributed by atoms with Crippen molar-refractivity contribution in [2.45, 2.75) is 44.4 Å². The average Bonchev–Trinajstić information content (AvgIpc) is 2.80. The Kier molecular flexibility index (Phi) is 4.30. The van der Waals surface area contributed by atoms with Gasteiger partial charge in [-0.2, -0.15) is 0 Å². The van der Waals surface area contributed by atoms with Gasteiger partial charge in [0.2, 0.25) is 0 Å². The van der Waals surface area contributed by atoms with Crippen molar-refractivity contribution in [3.63, 3.8) is 0 Å². The molecule has 0 spiro atoms. The van der Waals surface area contributed by atoms with Gasteiger partial charge in [0.25, 0.3) is 0 Å². The first-order valence-corrected chi connectivity index (χ1v) is 6.34. The van der Waals surface area contributed by atoms with Crippen LogP contribution in [0.3, 0.4) is 0 Å². The third-order valence-electron chi connectivity index (χ3n) is 3.65. The largest absolute Gasteiger partial charge is 0.381 e. The first-order valence-electron chi connectivity index (χ1n) is 6.34. The molecule has 1 saturated carbocycles. The summed E-state index contributed by atoms with van der Waals surface area (Å²) < 4.78 is 32.1. The van der Waals surface area contributed by atoms with E-state index in [9.17, 15) is 8.78 Å². The lowest BCUT2D eigenvalue weighted by Crippen LogP contribution is -2.30. The molecule has 0 amide bonds. The van der Waals surface area contributed by atoms with Crippen molar-refractivity contribution in [2.24, 2.45) is 0 Å². The molecular formula is C14H19F2NO. The van der Waals surface area contributed by atoms with Crippen molar-refractivity contribution < 1.29 is 13.5 Å². The van der Waals surface area contributed by atoms with E-state index in [1.807, 2.05) is 6.92 Å². The molecule has 4 heteroatoms. The van der Waals surface area contributed by atoms with Crippen LogP contribution in [-0.4, -0.2) is 19.3 Å². The van der Waals surface area contributed by atoms with Gasteiger partial charge in [-0.05, 0) is 32.3 Å². The molecule has 3 unspecified atom stereocenters. The minimum atomic E-state index is -0.790. The smallest absolute Gasteiger partial charge is 0.163 e. The number of ether oxygens (including phenoxy) is 1. The van der Waals surface area contributed by atoms with E-state index in [1.165, 1.54) is 0 Å². The Balaban J connectivity index is 2.00. The molecule has 2 rings (SSSR count). The SMILES string of the molecule is COC1CCC(NC(C)c2cccc(F)c2F)C1. The Hall–Kier alpha value is -1.00. The van der Waals surface area contributed by atoms with E-state index in [0.717, 1.165) is 25.3 Å². The van der Waals surface area contributed by atoms with Gasteiger partial charge >= 0.3 is 0 Å². The molecule has 18 heavy (non-hydrogen) atoms. The highest BCUT2D eigenvalue weighted by atomic mass is 19.2. The average molecular weight is 255 g/mol. The van der Waals surface area contributed by atoms with E-state index < -0.39 is 11.6 Å². The van der Waals surface area contributed by atoms with Crippen molar-refractivity contribution in [3.8, 4) is 0 Å². The summed E-state index contributed by atoms with van der Waals surface area (Å²) in [6, 6.07) is 4.42. The highest BCUT2D eigenvalue weighted by molar-refractivity contribution is 5.22. The number of methoxy groups -OCH3 is 1. The van der Waals surface area contributed by atoms with Gasteiger partial charge in [0, 0.05) is 24.8 Å². The maximum absolute atomic E-state index is 13.6. The summed E-state index contributed by atoms with van der Waals surface area (Å²) in [5.41, 5.74) is 0.385. The molecule has 1 aliphatic rings. The van der Waals surface area contributed by atoms with E-state index in [1.54, 1.807) is 19.2 Å². The first kappa shape index (κ1) is 13.4. The number of hydrogen-bond acceptors (Lipinski definition) is 2. The number of halogens is 2. The molecule has 1 aromatic rings. The van der Waals surface area contributed by atoms with E-state index >= 15 is 0 Å². The Morgan fingerprint density at radius 1 is 1.33 bits per heavy atom. The van der Waals surface area contributed by atoms with Crippen LogP contribution in [0.2, 0.25) is 0 Å². The summed E-state index contributed by atoms with van der Waals surface area (Å²) in [5.74, 6) is -1.54. The lowest BCUT2D eigenvalue weighted by molar-refractivity contribution is 0.106. The highest BCUT2D eigenvalue weighted by Crippen LogP contribution is 2.25. The van der Waals surface area contributed by atoms with Crippen molar-refractivity contribution in [2.75, 3.05) is 7.11 Å². The molecule has 0 heterocycles. The lowest BCUT2D eigenvalue weighted by Gasteiger charge is -2.20. The van der Waals surface area contributed by atoms with Crippen LogP contribution < -0.4 is 5.32 Å². The second kappa shape index (κ2) is 5.76. The van der Waals surface area contributed by atoms with Crippen molar-refractivity contribution in [1.82, 2.24) is 5.32 Å². The second-order valence-electron chi connectivity index (χ2n) is 4.90. The molecule has 2 nitrogen and oxygen atoms in total. The van der Waals surface area contributed by atoms with E-state index in [2.05, 4.69) is 5.32 Å². The summed E-state index contributed by atoms with van der Waals surface area (Å²) >= 11 is 0. The summed E-state index contributed by atoms with van der Waals surface area (Å²) in [4.78, 5) is 0. The van der Waals surface area contributed by atoms with Crippen LogP contribution in [-0.2, 0) is 4.74 Å². The van der Waals surface area contributed by atoms with Gasteiger partial charge in [0.1, 0.15) is 0 Å². The fraction of sp³-hybridized carbons (Fsp3) is 0.571. The molecule has 0 radical (unpaired) electrons. The zero-order chi connectivity index (χ0) is 13.1. The number of nitrogens with one attached hydrogen (secondary N) is 1. The Morgan fingerprint density at radius 3 is 2.78 bits per heavy atom. The maximum Gasteiger partial charge on any atom is 0.163 e. The van der Waals surface area contributed by atoms with Crippen molar-refractivity contribution in [3.05, 3.63) is 35.4 Å². The molecular weight excluding hydrogens is 236 g/mol. The molecule has 1 aliphatic carbocycles. The lowest BCUT2D eigenvalue weighted by atomic mass is 10.1. The molecule has 100 valence electrons. The van der Waals surface area contributed by atoms with Gasteiger partial charge in [0.15, 0.2) is 11.6 Å². The number of hydrogen-bond donors (Lipinski definition) is 1. The predicted molar refractivity (Wildman–Crippen MR) is 66.3 cm³/mol. The van der Waals surface area contributed by atoms with Crippen molar-refractivity contribution in [1.29, 1.82) is 0 Å². The predicted octanol–water partition coefficient (Wildman–Crippen LogP) is 3.18. The van der Waals surface area contributed by atoms with Crippen LogP contribution in [0.4, 0.5) is 8.78 Å². The van der Waals surface area contributed by atoms with Gasteiger partial charge in [0.05, 0.1) is 6.10 Å². The molecule has 0 aliphatic heterocycles. The van der Waals surface area contributed by atoms with Gasteiger partial charge in [-0.1, -0.05) is 12.1 Å². The third-order valence-corrected chi connectivity index (χ3v) is 3.65. The fourth-order valence-electron chi connectivity index (χ4n) is 2.60. The van der Waals surface area contributed by atoms with Gasteiger partial charge in [-0.25, -0.2) is 8.78 Å². The Bertz CT molecular complexity index is 411. The quantitative estimate of drug-likeness (QED) is 0.892. The minimum absolute atomic E-state index is 0.193. The van der Waals surface area contributed by atoms with Crippen LogP contribution in [0.15, 0.2) is 18.2 Å². The van der Waals surface area contributed by atoms with Gasteiger partial charge in [-0.3, -0.25) is 0 Å². The van der Waals surface area contributed by atoms with Crippen LogP contribution >= 0.6 is 0 Å². The van der Waals surface area contributed by atoms with Gasteiger partial charge < -0.3 is 10.1 Å². The molecule has 0 bridgehead atoms. The summed E-state index contributed by atoms with van der Waals surface area (Å²) in [6.45, 7) is 1.86. The molecule has 0 aromatic heterocycles. The van der Waals surface area contributed by atoms with E-state index in [0.29, 0.717) is 11.6 Å². The molecule has 1 aromatic carbocycles. The van der Waals surface area contributed by atoms with Crippen LogP contribution in [0, 0.1) is 11.6 Å². The molecule has 0 saturated heterocycles. The van der Waals surface area contributed by atoms with Crippen LogP contribution in [0.5, 0.6) is 0 Å². The Morgan fingerprint density at radius 2 is 2.11 bits per heavy atom. The molecule has 1 N–H and O–H groups in total. The standard InChI is InChI=1S/C14H19F2NO/c1-9(12-4-3-5-13(15)14(12)16)17-10-6-7-11(8-10)18-2/h3-5,9-11,17H,6-8H2,1-2H3. The minimum Gasteiger partial charge on any atom is -0.381 e. The first-order chi connectivity index (χ1) is 8.61. The van der Waals surface area contributed by atoms with E-state index in [-0.39, 0.29) is 12.1 Å². The maximum atomic E-state index is 13.6. The second-order valence-corrected chi connectivity index (χ2v) is 4.90. The fourth-order valence-corrected chi connectivity index (χ4v) is 2.60. The van der Waals surface area contributed by atoms with E-state index in [4.69, 9.17) is 4.74 Å². The summed E-state index contributed by atoms with van der Waals surface area (Å²) in [5, 5.41) is 3.34. The highest BCUT2D eigenvalue weighted by Gasteiger charge is 2.26. The van der Waals surface area contributed by atoms with Crippen LogP contribution in [0.25, 0.3) is 0 Å². The zero-order valence-electron chi connectivity index (χ0n) is 10.7. The summed E-state index contributed by atoms with van der Waals surface area (Å²) in [7, 11) is 1.71. The van der Waals surface area contributed by atoms with Crippen LogP contribution in [0.1, 0.15) is 37.8 Å². The zero-order valence-corrected chi connectivity index (χ0v) is 10.7. The molecule has 3 atom stereocenters. The monoisotopic (exact) mass is 255 g/mol. The van der Waals surface area contributed by atoms with Crippen molar-refractivity contribution >= 4 is 0 Å².